The Morgan fingerprint density at radius 2 is 1.85 bits per heavy atom. The van der Waals surface area contributed by atoms with Gasteiger partial charge in [0.2, 0.25) is 0 Å². The molecule has 0 spiro atoms. The maximum Gasteiger partial charge on any atom is 0.100 e. The maximum atomic E-state index is 8.17. The summed E-state index contributed by atoms with van der Waals surface area (Å²) in [6.45, 7) is 5.62. The van der Waals surface area contributed by atoms with Gasteiger partial charge in [-0.25, -0.2) is 9.78 Å². The summed E-state index contributed by atoms with van der Waals surface area (Å²) in [5.41, 5.74) is 0. The van der Waals surface area contributed by atoms with Gasteiger partial charge in [-0.15, -0.1) is 6.58 Å². The Labute approximate surface area is 78.1 Å². The predicted octanol–water partition coefficient (Wildman–Crippen LogP) is -0.528. The summed E-state index contributed by atoms with van der Waals surface area (Å²) < 4.78 is 0. The predicted molar refractivity (Wildman–Crippen MR) is 48.0 cm³/mol. The Morgan fingerprint density at radius 3 is 2.08 bits per heavy atom. The van der Waals surface area contributed by atoms with Crippen molar-refractivity contribution in [3.05, 3.63) is 12.7 Å². The number of aliphatic hydroxyl groups excluding tert-OH is 3. The van der Waals surface area contributed by atoms with Gasteiger partial charge in [0, 0.05) is 0 Å². The van der Waals surface area contributed by atoms with Crippen molar-refractivity contribution in [1.29, 1.82) is 0 Å². The summed E-state index contributed by atoms with van der Waals surface area (Å²) in [4.78, 5) is 9.02. The van der Waals surface area contributed by atoms with Gasteiger partial charge in [-0.1, -0.05) is 6.08 Å². The first kappa shape index (κ1) is 15.0. The fourth-order valence-corrected chi connectivity index (χ4v) is 0.237. The molecule has 0 atom stereocenters. The van der Waals surface area contributed by atoms with Crippen LogP contribution in [0.4, 0.5) is 0 Å². The van der Waals surface area contributed by atoms with Crippen LogP contribution in [0.25, 0.3) is 0 Å². The van der Waals surface area contributed by atoms with Crippen LogP contribution in [-0.4, -0.2) is 47.9 Å². The summed E-state index contributed by atoms with van der Waals surface area (Å²) >= 11 is 0. The van der Waals surface area contributed by atoms with Crippen LogP contribution in [0.5, 0.6) is 0 Å². The van der Waals surface area contributed by atoms with Crippen LogP contribution in [0.3, 0.4) is 0 Å². The summed E-state index contributed by atoms with van der Waals surface area (Å²) in [5, 5.41) is 24.0. The Kier molecular flexibility index (Phi) is 16.3. The highest BCUT2D eigenvalue weighted by Crippen LogP contribution is 1.75. The van der Waals surface area contributed by atoms with E-state index in [4.69, 9.17) is 15.3 Å². The molecule has 0 fully saturated rings. The summed E-state index contributed by atoms with van der Waals surface area (Å²) in [6.07, 6.45) is 0.681. The highest BCUT2D eigenvalue weighted by molar-refractivity contribution is 4.62. The van der Waals surface area contributed by atoms with Gasteiger partial charge in [0.25, 0.3) is 0 Å². The average molecular weight is 194 g/mol. The van der Waals surface area contributed by atoms with Crippen LogP contribution in [0, 0.1) is 0 Å². The molecule has 0 heterocycles. The molecule has 0 saturated carbocycles. The van der Waals surface area contributed by atoms with Crippen LogP contribution in [-0.2, 0) is 9.78 Å². The molecule has 0 aliphatic rings. The molecule has 3 N–H and O–H groups in total. The monoisotopic (exact) mass is 194 g/mol. The standard InChI is InChI=1S/C5H10O2.C3H8O3/c1-3-5-7-6-4-2;4-1-3(6)2-5/h3H,1,4-5H2,2H3;3-6H,1-2H2. The van der Waals surface area contributed by atoms with Crippen LogP contribution >= 0.6 is 0 Å². The zero-order valence-corrected chi connectivity index (χ0v) is 7.85. The topological polar surface area (TPSA) is 79.2 Å². The van der Waals surface area contributed by atoms with Crippen molar-refractivity contribution in [3.8, 4) is 0 Å². The Hall–Kier alpha value is -0.460. The SMILES string of the molecule is C=CCOOCC.OCC(O)CO. The van der Waals surface area contributed by atoms with Gasteiger partial charge in [0.05, 0.1) is 19.8 Å². The van der Waals surface area contributed by atoms with Gasteiger partial charge in [-0.05, 0) is 6.92 Å². The van der Waals surface area contributed by atoms with Gasteiger partial charge in [0.15, 0.2) is 0 Å². The van der Waals surface area contributed by atoms with Gasteiger partial charge in [-0.2, -0.15) is 0 Å². The summed E-state index contributed by atoms with van der Waals surface area (Å²) in [7, 11) is 0. The molecule has 0 saturated heterocycles. The molecule has 0 aromatic carbocycles. The summed E-state index contributed by atoms with van der Waals surface area (Å²) in [5.74, 6) is 0. The van der Waals surface area contributed by atoms with Crippen LogP contribution < -0.4 is 0 Å². The van der Waals surface area contributed by atoms with E-state index in [1.807, 2.05) is 6.92 Å². The second-order valence-corrected chi connectivity index (χ2v) is 2.00. The van der Waals surface area contributed by atoms with Crippen molar-refractivity contribution in [1.82, 2.24) is 0 Å². The molecule has 0 aromatic rings. The average Bonchev–Trinajstić information content (AvgIpc) is 2.18. The molecule has 0 radical (unpaired) electrons. The minimum atomic E-state index is -0.954. The Morgan fingerprint density at radius 1 is 1.31 bits per heavy atom. The highest BCUT2D eigenvalue weighted by Gasteiger charge is 1.93. The van der Waals surface area contributed by atoms with E-state index < -0.39 is 6.10 Å². The molecular formula is C8H18O5. The van der Waals surface area contributed by atoms with Gasteiger partial charge >= 0.3 is 0 Å². The van der Waals surface area contributed by atoms with Crippen molar-refractivity contribution in [3.63, 3.8) is 0 Å². The second kappa shape index (κ2) is 14.1. The minimum absolute atomic E-state index is 0.365. The fraction of sp³-hybridized carbons (Fsp3) is 0.750. The first-order valence-electron chi connectivity index (χ1n) is 3.97. The normalized spacial score (nSPS) is 9.31. The van der Waals surface area contributed by atoms with E-state index in [0.717, 1.165) is 0 Å². The number of hydrogen-bond donors (Lipinski definition) is 3. The quantitative estimate of drug-likeness (QED) is 0.229. The first-order valence-corrected chi connectivity index (χ1v) is 3.97. The minimum Gasteiger partial charge on any atom is -0.394 e. The van der Waals surface area contributed by atoms with E-state index in [9.17, 15) is 0 Å². The number of rotatable bonds is 6. The van der Waals surface area contributed by atoms with Crippen molar-refractivity contribution in [2.75, 3.05) is 26.4 Å². The van der Waals surface area contributed by atoms with Crippen molar-refractivity contribution in [2.24, 2.45) is 0 Å². The number of hydrogen-bond acceptors (Lipinski definition) is 5. The largest absolute Gasteiger partial charge is 0.394 e. The molecule has 0 aliphatic carbocycles. The third-order valence-electron chi connectivity index (χ3n) is 0.809. The summed E-state index contributed by atoms with van der Waals surface area (Å²) in [6, 6.07) is 0. The van der Waals surface area contributed by atoms with Crippen molar-refractivity contribution >= 4 is 0 Å². The van der Waals surface area contributed by atoms with E-state index in [1.165, 1.54) is 0 Å². The molecule has 0 rings (SSSR count). The number of aliphatic hydroxyl groups is 3. The smallest absolute Gasteiger partial charge is 0.100 e. The van der Waals surface area contributed by atoms with E-state index in [1.54, 1.807) is 6.08 Å². The third-order valence-corrected chi connectivity index (χ3v) is 0.809. The lowest BCUT2D eigenvalue weighted by Crippen LogP contribution is -2.15. The van der Waals surface area contributed by atoms with Crippen LogP contribution in [0.2, 0.25) is 0 Å². The van der Waals surface area contributed by atoms with E-state index in [-0.39, 0.29) is 13.2 Å². The van der Waals surface area contributed by atoms with Crippen LogP contribution in [0.1, 0.15) is 6.92 Å². The Bertz CT molecular complexity index is 92.5. The Balaban J connectivity index is 0. The van der Waals surface area contributed by atoms with Gasteiger partial charge < -0.3 is 15.3 Å². The zero-order valence-electron chi connectivity index (χ0n) is 7.85. The molecule has 5 heteroatoms. The molecule has 0 bridgehead atoms. The van der Waals surface area contributed by atoms with E-state index >= 15 is 0 Å². The fourth-order valence-electron chi connectivity index (χ4n) is 0.237. The van der Waals surface area contributed by atoms with Crippen molar-refractivity contribution < 1.29 is 25.1 Å². The third kappa shape index (κ3) is 18.5. The molecule has 0 amide bonds. The molecule has 0 aliphatic heterocycles. The maximum absolute atomic E-state index is 8.17. The first-order chi connectivity index (χ1) is 6.22. The lowest BCUT2D eigenvalue weighted by atomic mass is 10.4. The van der Waals surface area contributed by atoms with Crippen molar-refractivity contribution in [2.45, 2.75) is 13.0 Å². The van der Waals surface area contributed by atoms with Crippen LogP contribution in [0.15, 0.2) is 12.7 Å². The zero-order chi connectivity index (χ0) is 10.5. The van der Waals surface area contributed by atoms with E-state index in [2.05, 4.69) is 16.4 Å². The molecule has 5 nitrogen and oxygen atoms in total. The molecular weight excluding hydrogens is 176 g/mol. The van der Waals surface area contributed by atoms with Gasteiger partial charge in [0.1, 0.15) is 12.7 Å². The lowest BCUT2D eigenvalue weighted by molar-refractivity contribution is -0.282. The van der Waals surface area contributed by atoms with Gasteiger partial charge in [-0.3, -0.25) is 0 Å². The molecule has 0 aromatic heterocycles. The second-order valence-electron chi connectivity index (χ2n) is 2.00. The highest BCUT2D eigenvalue weighted by atomic mass is 17.2. The van der Waals surface area contributed by atoms with E-state index in [0.29, 0.717) is 13.2 Å². The molecule has 13 heavy (non-hydrogen) atoms. The molecule has 80 valence electrons. The molecule has 0 unspecified atom stereocenters. The lowest BCUT2D eigenvalue weighted by Gasteiger charge is -1.96.